The molecule has 82 valence electrons. The average Bonchev–Trinajstić information content (AvgIpc) is 2.22. The van der Waals surface area contributed by atoms with Crippen molar-refractivity contribution in [1.82, 2.24) is 5.06 Å². The zero-order valence-corrected chi connectivity index (χ0v) is 13.4. The third-order valence-electron chi connectivity index (χ3n) is 3.17. The van der Waals surface area contributed by atoms with Crippen molar-refractivity contribution in [2.75, 3.05) is 8.86 Å². The van der Waals surface area contributed by atoms with E-state index in [1.807, 2.05) is 0 Å². The van der Waals surface area contributed by atoms with Crippen LogP contribution in [0.5, 0.6) is 0 Å². The Morgan fingerprint density at radius 3 is 1.50 bits per heavy atom. The van der Waals surface area contributed by atoms with Gasteiger partial charge < -0.3 is 5.21 Å². The molecule has 0 aromatic rings. The van der Waals surface area contributed by atoms with Crippen LogP contribution in [0.1, 0.15) is 27.7 Å². The fraction of sp³-hybridized carbons (Fsp3) is 0.800. The van der Waals surface area contributed by atoms with E-state index < -0.39 is 0 Å². The first-order valence-electron chi connectivity index (χ1n) is 4.64. The van der Waals surface area contributed by atoms with Crippen LogP contribution in [0.25, 0.3) is 0 Å². The SMILES string of the molecule is CC1(C)C(CI)=C(CI)C(C)(C)N1O. The molecule has 0 bridgehead atoms. The second-order valence-corrected chi connectivity index (χ2v) is 6.18. The van der Waals surface area contributed by atoms with Crippen LogP contribution in [0.4, 0.5) is 0 Å². The van der Waals surface area contributed by atoms with E-state index in [4.69, 9.17) is 0 Å². The summed E-state index contributed by atoms with van der Waals surface area (Å²) >= 11 is 4.76. The molecule has 0 aromatic heterocycles. The Bertz CT molecular complexity index is 245. The fourth-order valence-electron chi connectivity index (χ4n) is 2.18. The number of hydrogen-bond donors (Lipinski definition) is 1. The van der Waals surface area contributed by atoms with Gasteiger partial charge in [-0.3, -0.25) is 0 Å². The Hall–Kier alpha value is 1.12. The highest BCUT2D eigenvalue weighted by Gasteiger charge is 2.49. The van der Waals surface area contributed by atoms with Gasteiger partial charge in [0.2, 0.25) is 0 Å². The number of hydrogen-bond acceptors (Lipinski definition) is 2. The summed E-state index contributed by atoms with van der Waals surface area (Å²) in [6.45, 7) is 8.34. The van der Waals surface area contributed by atoms with Gasteiger partial charge in [0.1, 0.15) is 0 Å². The third kappa shape index (κ3) is 1.76. The first-order valence-corrected chi connectivity index (χ1v) is 7.69. The van der Waals surface area contributed by atoms with Crippen molar-refractivity contribution >= 4 is 45.2 Å². The maximum Gasteiger partial charge on any atom is 0.0633 e. The Labute approximate surface area is 113 Å². The minimum Gasteiger partial charge on any atom is -0.312 e. The van der Waals surface area contributed by atoms with Crippen molar-refractivity contribution in [3.63, 3.8) is 0 Å². The largest absolute Gasteiger partial charge is 0.312 e. The average molecular weight is 421 g/mol. The van der Waals surface area contributed by atoms with Crippen molar-refractivity contribution in [3.8, 4) is 0 Å². The van der Waals surface area contributed by atoms with Crippen LogP contribution in [0.3, 0.4) is 0 Å². The van der Waals surface area contributed by atoms with E-state index in [1.54, 1.807) is 0 Å². The number of alkyl halides is 2. The lowest BCUT2D eigenvalue weighted by molar-refractivity contribution is -0.186. The first kappa shape index (κ1) is 13.2. The molecule has 0 unspecified atom stereocenters. The summed E-state index contributed by atoms with van der Waals surface area (Å²) < 4.78 is 1.98. The van der Waals surface area contributed by atoms with Crippen LogP contribution in [-0.2, 0) is 0 Å². The minimum absolute atomic E-state index is 0.217. The van der Waals surface area contributed by atoms with Gasteiger partial charge in [0.15, 0.2) is 0 Å². The highest BCUT2D eigenvalue weighted by atomic mass is 127. The van der Waals surface area contributed by atoms with E-state index in [2.05, 4.69) is 72.9 Å². The van der Waals surface area contributed by atoms with Gasteiger partial charge in [-0.15, -0.1) is 0 Å². The lowest BCUT2D eigenvalue weighted by atomic mass is 9.93. The van der Waals surface area contributed by atoms with Crippen LogP contribution in [0.2, 0.25) is 0 Å². The van der Waals surface area contributed by atoms with Gasteiger partial charge in [-0.1, -0.05) is 45.2 Å². The molecule has 1 aliphatic heterocycles. The number of rotatable bonds is 2. The van der Waals surface area contributed by atoms with Crippen LogP contribution in [0.15, 0.2) is 11.1 Å². The lowest BCUT2D eigenvalue weighted by Crippen LogP contribution is -2.48. The molecule has 1 N–H and O–H groups in total. The molecule has 1 rings (SSSR count). The molecular formula is C10H17I2NO. The standard InChI is InChI=1S/C10H17I2NO/c1-9(2)7(5-11)8(6-12)10(3,4)13(9)14/h14H,5-6H2,1-4H3. The number of hydroxylamine groups is 2. The fourth-order valence-corrected chi connectivity index (χ4v) is 4.97. The molecule has 0 saturated carbocycles. The van der Waals surface area contributed by atoms with Gasteiger partial charge in [-0.2, -0.15) is 5.06 Å². The van der Waals surface area contributed by atoms with Gasteiger partial charge in [-0.25, -0.2) is 0 Å². The van der Waals surface area contributed by atoms with E-state index in [1.165, 1.54) is 16.2 Å². The summed E-state index contributed by atoms with van der Waals surface area (Å²) in [5.74, 6) is 0. The highest BCUT2D eigenvalue weighted by molar-refractivity contribution is 14.1. The summed E-state index contributed by atoms with van der Waals surface area (Å²) in [5.41, 5.74) is 2.32. The van der Waals surface area contributed by atoms with Gasteiger partial charge in [-0.05, 0) is 38.8 Å². The topological polar surface area (TPSA) is 23.5 Å². The molecule has 0 aliphatic carbocycles. The van der Waals surface area contributed by atoms with Crippen molar-refractivity contribution in [2.45, 2.75) is 38.8 Å². The maximum absolute atomic E-state index is 10.2. The summed E-state index contributed by atoms with van der Waals surface area (Å²) in [4.78, 5) is 0. The Balaban J connectivity index is 3.28. The predicted octanol–water partition coefficient (Wildman–Crippen LogP) is 3.42. The molecule has 2 nitrogen and oxygen atoms in total. The molecule has 0 aromatic carbocycles. The third-order valence-corrected chi connectivity index (χ3v) is 4.69. The van der Waals surface area contributed by atoms with Crippen LogP contribution in [0, 0.1) is 0 Å². The van der Waals surface area contributed by atoms with Crippen molar-refractivity contribution in [1.29, 1.82) is 0 Å². The molecule has 1 aliphatic rings. The zero-order chi connectivity index (χ0) is 11.1. The Morgan fingerprint density at radius 2 is 1.29 bits per heavy atom. The number of nitrogens with zero attached hydrogens (tertiary/aromatic N) is 1. The van der Waals surface area contributed by atoms with Crippen molar-refractivity contribution in [3.05, 3.63) is 11.1 Å². The predicted molar refractivity (Wildman–Crippen MR) is 76.6 cm³/mol. The molecule has 0 fully saturated rings. The lowest BCUT2D eigenvalue weighted by Gasteiger charge is -2.36. The van der Waals surface area contributed by atoms with Gasteiger partial charge in [0, 0.05) is 8.86 Å². The normalized spacial score (nSPS) is 25.9. The molecule has 4 heteroatoms. The molecular weight excluding hydrogens is 404 g/mol. The zero-order valence-electron chi connectivity index (χ0n) is 9.06. The molecule has 0 amide bonds. The highest BCUT2D eigenvalue weighted by Crippen LogP contribution is 2.44. The maximum atomic E-state index is 10.2. The van der Waals surface area contributed by atoms with E-state index in [0.29, 0.717) is 0 Å². The summed E-state index contributed by atoms with van der Waals surface area (Å²) in [6.07, 6.45) is 0. The van der Waals surface area contributed by atoms with Crippen molar-refractivity contribution in [2.24, 2.45) is 0 Å². The van der Waals surface area contributed by atoms with Gasteiger partial charge in [0.25, 0.3) is 0 Å². The second-order valence-electron chi connectivity index (χ2n) is 4.65. The van der Waals surface area contributed by atoms with Crippen LogP contribution in [-0.4, -0.2) is 30.2 Å². The van der Waals surface area contributed by atoms with Gasteiger partial charge in [0.05, 0.1) is 11.1 Å². The summed E-state index contributed by atoms with van der Waals surface area (Å²) in [7, 11) is 0. The quantitative estimate of drug-likeness (QED) is 0.420. The minimum atomic E-state index is -0.217. The molecule has 14 heavy (non-hydrogen) atoms. The summed E-state index contributed by atoms with van der Waals surface area (Å²) in [5, 5.41) is 11.7. The molecule has 0 radical (unpaired) electrons. The molecule has 0 spiro atoms. The Morgan fingerprint density at radius 1 is 1.00 bits per heavy atom. The molecule has 0 saturated heterocycles. The van der Waals surface area contributed by atoms with E-state index >= 15 is 0 Å². The smallest absolute Gasteiger partial charge is 0.0633 e. The number of halogens is 2. The molecule has 1 heterocycles. The van der Waals surface area contributed by atoms with E-state index in [-0.39, 0.29) is 11.1 Å². The van der Waals surface area contributed by atoms with Crippen LogP contribution >= 0.6 is 45.2 Å². The summed E-state index contributed by atoms with van der Waals surface area (Å²) in [6, 6.07) is 0. The molecule has 0 atom stereocenters. The second kappa shape index (κ2) is 4.18. The monoisotopic (exact) mass is 421 g/mol. The van der Waals surface area contributed by atoms with Crippen LogP contribution < -0.4 is 0 Å². The van der Waals surface area contributed by atoms with E-state index in [9.17, 15) is 5.21 Å². The van der Waals surface area contributed by atoms with Gasteiger partial charge >= 0.3 is 0 Å². The van der Waals surface area contributed by atoms with E-state index in [0.717, 1.165) is 8.86 Å². The Kier molecular flexibility index (Phi) is 3.93. The van der Waals surface area contributed by atoms with Crippen molar-refractivity contribution < 1.29 is 5.21 Å². The first-order chi connectivity index (χ1) is 6.30.